The number of nitrogens with zero attached hydrogens (tertiary/aromatic N) is 1. The first-order valence-corrected chi connectivity index (χ1v) is 7.03. The van der Waals surface area contributed by atoms with E-state index in [0.29, 0.717) is 6.54 Å². The van der Waals surface area contributed by atoms with Crippen LogP contribution < -0.4 is 5.73 Å². The average Bonchev–Trinajstić information content (AvgIpc) is 2.79. The minimum Gasteiger partial charge on any atom is -0.336 e. The van der Waals surface area contributed by atoms with E-state index in [1.807, 2.05) is 0 Å². The topological polar surface area (TPSA) is 54.7 Å². The number of nitrogens with two attached hydrogens (primary N) is 1. The molecule has 3 nitrogen and oxygen atoms in total. The monoisotopic (exact) mass is 307 g/mol. The standard InChI is InChI=1S/C14H18BrN3/c1-2-3-10-4-6-11(7-5-10)12(8-16)14-17-9-13(15)18-14/h4-7,9,12H,2-3,8,16H2,1H3,(H,17,18). The summed E-state index contributed by atoms with van der Waals surface area (Å²) >= 11 is 3.38. The highest BCUT2D eigenvalue weighted by atomic mass is 79.9. The number of imidazole rings is 1. The van der Waals surface area contributed by atoms with E-state index in [2.05, 4.69) is 57.1 Å². The van der Waals surface area contributed by atoms with Gasteiger partial charge < -0.3 is 10.7 Å². The number of hydrogen-bond donors (Lipinski definition) is 2. The fourth-order valence-electron chi connectivity index (χ4n) is 2.10. The number of nitrogens with one attached hydrogen (secondary N) is 1. The van der Waals surface area contributed by atoms with E-state index in [0.717, 1.165) is 16.8 Å². The van der Waals surface area contributed by atoms with Gasteiger partial charge in [-0.05, 0) is 33.5 Å². The quantitative estimate of drug-likeness (QED) is 0.891. The van der Waals surface area contributed by atoms with Gasteiger partial charge in [-0.25, -0.2) is 4.98 Å². The molecule has 3 N–H and O–H groups in total. The van der Waals surface area contributed by atoms with Gasteiger partial charge in [0, 0.05) is 6.54 Å². The van der Waals surface area contributed by atoms with Crippen LogP contribution in [0.2, 0.25) is 0 Å². The van der Waals surface area contributed by atoms with Crippen LogP contribution in [0.5, 0.6) is 0 Å². The number of benzene rings is 1. The minimum absolute atomic E-state index is 0.131. The Morgan fingerprint density at radius 2 is 2.06 bits per heavy atom. The number of aromatic nitrogens is 2. The lowest BCUT2D eigenvalue weighted by Gasteiger charge is -2.13. The molecule has 0 aliphatic rings. The molecular weight excluding hydrogens is 290 g/mol. The summed E-state index contributed by atoms with van der Waals surface area (Å²) in [6, 6.07) is 8.66. The first-order valence-electron chi connectivity index (χ1n) is 6.24. The molecule has 1 atom stereocenters. The minimum atomic E-state index is 0.131. The molecule has 18 heavy (non-hydrogen) atoms. The second-order valence-corrected chi connectivity index (χ2v) is 5.25. The summed E-state index contributed by atoms with van der Waals surface area (Å²) in [6.07, 6.45) is 4.06. The van der Waals surface area contributed by atoms with Crippen LogP contribution in [0.1, 0.15) is 36.2 Å². The van der Waals surface area contributed by atoms with Crippen LogP contribution in [0.4, 0.5) is 0 Å². The Balaban J connectivity index is 2.22. The Morgan fingerprint density at radius 3 is 2.56 bits per heavy atom. The lowest BCUT2D eigenvalue weighted by Crippen LogP contribution is -2.15. The van der Waals surface area contributed by atoms with E-state index in [-0.39, 0.29) is 5.92 Å². The molecule has 0 aliphatic carbocycles. The summed E-state index contributed by atoms with van der Waals surface area (Å²) in [5, 5.41) is 0. The van der Waals surface area contributed by atoms with Gasteiger partial charge in [0.15, 0.2) is 0 Å². The van der Waals surface area contributed by atoms with Gasteiger partial charge in [0.1, 0.15) is 10.4 Å². The highest BCUT2D eigenvalue weighted by molar-refractivity contribution is 9.10. The Bertz CT molecular complexity index is 490. The molecule has 0 saturated heterocycles. The van der Waals surface area contributed by atoms with Gasteiger partial charge in [0.05, 0.1) is 12.1 Å². The van der Waals surface area contributed by atoms with Crippen LogP contribution in [-0.4, -0.2) is 16.5 Å². The molecule has 0 fully saturated rings. The van der Waals surface area contributed by atoms with Crippen molar-refractivity contribution in [1.82, 2.24) is 9.97 Å². The van der Waals surface area contributed by atoms with Crippen molar-refractivity contribution in [2.24, 2.45) is 5.73 Å². The van der Waals surface area contributed by atoms with E-state index < -0.39 is 0 Å². The van der Waals surface area contributed by atoms with Crippen molar-refractivity contribution in [2.45, 2.75) is 25.7 Å². The molecule has 1 aromatic carbocycles. The number of H-pyrrole nitrogens is 1. The molecule has 2 rings (SSSR count). The zero-order valence-electron chi connectivity index (χ0n) is 10.5. The summed E-state index contributed by atoms with van der Waals surface area (Å²) in [6.45, 7) is 2.74. The van der Waals surface area contributed by atoms with Gasteiger partial charge in [-0.2, -0.15) is 0 Å². The fraction of sp³-hybridized carbons (Fsp3) is 0.357. The van der Waals surface area contributed by atoms with Crippen LogP contribution in [0.25, 0.3) is 0 Å². The number of rotatable bonds is 5. The van der Waals surface area contributed by atoms with E-state index in [1.165, 1.54) is 17.5 Å². The number of hydrogen-bond acceptors (Lipinski definition) is 2. The van der Waals surface area contributed by atoms with Crippen molar-refractivity contribution in [3.8, 4) is 0 Å². The molecule has 2 aromatic rings. The van der Waals surface area contributed by atoms with Gasteiger partial charge in [0.25, 0.3) is 0 Å². The van der Waals surface area contributed by atoms with Crippen molar-refractivity contribution < 1.29 is 0 Å². The van der Waals surface area contributed by atoms with E-state index in [9.17, 15) is 0 Å². The maximum Gasteiger partial charge on any atom is 0.115 e. The zero-order valence-corrected chi connectivity index (χ0v) is 12.1. The molecule has 1 aromatic heterocycles. The molecule has 0 radical (unpaired) electrons. The predicted molar refractivity (Wildman–Crippen MR) is 77.6 cm³/mol. The fourth-order valence-corrected chi connectivity index (χ4v) is 2.41. The van der Waals surface area contributed by atoms with Crippen molar-refractivity contribution >= 4 is 15.9 Å². The molecule has 0 aliphatic heterocycles. The van der Waals surface area contributed by atoms with Crippen LogP contribution in [0.3, 0.4) is 0 Å². The molecule has 1 unspecified atom stereocenters. The van der Waals surface area contributed by atoms with E-state index in [1.54, 1.807) is 6.20 Å². The summed E-state index contributed by atoms with van der Waals surface area (Å²) in [5.74, 6) is 1.04. The Labute approximate surface area is 116 Å². The summed E-state index contributed by atoms with van der Waals surface area (Å²) < 4.78 is 0.888. The average molecular weight is 308 g/mol. The molecule has 0 amide bonds. The van der Waals surface area contributed by atoms with Crippen molar-refractivity contribution in [3.63, 3.8) is 0 Å². The zero-order chi connectivity index (χ0) is 13.0. The van der Waals surface area contributed by atoms with Crippen LogP contribution >= 0.6 is 15.9 Å². The molecule has 0 saturated carbocycles. The molecule has 0 bridgehead atoms. The highest BCUT2D eigenvalue weighted by Gasteiger charge is 2.15. The lowest BCUT2D eigenvalue weighted by atomic mass is 9.96. The summed E-state index contributed by atoms with van der Waals surface area (Å²) in [5.41, 5.74) is 8.45. The van der Waals surface area contributed by atoms with Gasteiger partial charge in [-0.3, -0.25) is 0 Å². The van der Waals surface area contributed by atoms with Crippen LogP contribution in [0.15, 0.2) is 35.1 Å². The predicted octanol–water partition coefficient (Wildman–Crippen LogP) is 3.22. The van der Waals surface area contributed by atoms with Gasteiger partial charge >= 0.3 is 0 Å². The van der Waals surface area contributed by atoms with Gasteiger partial charge in [-0.1, -0.05) is 37.6 Å². The van der Waals surface area contributed by atoms with Crippen molar-refractivity contribution in [3.05, 3.63) is 52.0 Å². The second kappa shape index (κ2) is 6.16. The maximum absolute atomic E-state index is 5.87. The largest absolute Gasteiger partial charge is 0.336 e. The maximum atomic E-state index is 5.87. The molecule has 4 heteroatoms. The van der Waals surface area contributed by atoms with Crippen molar-refractivity contribution in [1.29, 1.82) is 0 Å². The Kier molecular flexibility index (Phi) is 4.55. The van der Waals surface area contributed by atoms with Crippen molar-refractivity contribution in [2.75, 3.05) is 6.54 Å². The van der Waals surface area contributed by atoms with Gasteiger partial charge in [0.2, 0.25) is 0 Å². The van der Waals surface area contributed by atoms with Crippen LogP contribution in [0, 0.1) is 0 Å². The van der Waals surface area contributed by atoms with E-state index in [4.69, 9.17) is 5.73 Å². The number of halogens is 1. The third-order valence-electron chi connectivity index (χ3n) is 3.05. The smallest absolute Gasteiger partial charge is 0.115 e. The molecule has 1 heterocycles. The molecular formula is C14H18BrN3. The second-order valence-electron chi connectivity index (χ2n) is 4.40. The number of aromatic amines is 1. The van der Waals surface area contributed by atoms with E-state index >= 15 is 0 Å². The third kappa shape index (κ3) is 3.00. The first kappa shape index (κ1) is 13.3. The molecule has 0 spiro atoms. The Morgan fingerprint density at radius 1 is 1.33 bits per heavy atom. The summed E-state index contributed by atoms with van der Waals surface area (Å²) in [7, 11) is 0. The Hall–Kier alpha value is -1.13. The first-order chi connectivity index (χ1) is 8.74. The molecule has 96 valence electrons. The lowest BCUT2D eigenvalue weighted by molar-refractivity contribution is 0.763. The SMILES string of the molecule is CCCc1ccc(C(CN)c2ncc(Br)[nH]2)cc1. The normalized spacial score (nSPS) is 12.6. The highest BCUT2D eigenvalue weighted by Crippen LogP contribution is 2.23. The van der Waals surface area contributed by atoms with Gasteiger partial charge in [-0.15, -0.1) is 0 Å². The van der Waals surface area contributed by atoms with Crippen LogP contribution in [-0.2, 0) is 6.42 Å². The third-order valence-corrected chi connectivity index (χ3v) is 3.45. The summed E-state index contributed by atoms with van der Waals surface area (Å²) in [4.78, 5) is 7.53. The number of aryl methyl sites for hydroxylation is 1.